The highest BCUT2D eigenvalue weighted by Gasteiger charge is 2.23. The summed E-state index contributed by atoms with van der Waals surface area (Å²) >= 11 is 1.55. The van der Waals surface area contributed by atoms with E-state index in [0.29, 0.717) is 0 Å². The molecule has 2 N–H and O–H groups in total. The maximum absolute atomic E-state index is 13.7. The fraction of sp³-hybridized carbons (Fsp3) is 0.500. The van der Waals surface area contributed by atoms with Crippen molar-refractivity contribution in [2.24, 2.45) is 0 Å². The maximum atomic E-state index is 13.7. The van der Waals surface area contributed by atoms with Crippen molar-refractivity contribution in [1.29, 1.82) is 0 Å². The minimum Gasteiger partial charge on any atom is -0.353 e. The van der Waals surface area contributed by atoms with Gasteiger partial charge >= 0.3 is 0 Å². The molecule has 1 unspecified atom stereocenters. The minimum absolute atomic E-state index is 0.0221. The topological polar surface area (TPSA) is 41.1 Å². The fourth-order valence-electron chi connectivity index (χ4n) is 2.19. The zero-order valence-corrected chi connectivity index (χ0v) is 12.0. The highest BCUT2D eigenvalue weighted by molar-refractivity contribution is 7.99. The number of carbonyl (C=O) groups is 1. The number of rotatable bonds is 4. The van der Waals surface area contributed by atoms with E-state index in [1.807, 2.05) is 19.9 Å². The maximum Gasteiger partial charge on any atom is 0.234 e. The van der Waals surface area contributed by atoms with E-state index in [9.17, 15) is 9.18 Å². The number of amides is 1. The third kappa shape index (κ3) is 3.70. The van der Waals surface area contributed by atoms with E-state index >= 15 is 0 Å². The molecule has 104 valence electrons. The Bertz CT molecular complexity index is 465. The van der Waals surface area contributed by atoms with Crippen molar-refractivity contribution in [2.75, 3.05) is 12.3 Å². The molecule has 5 heteroatoms. The smallest absolute Gasteiger partial charge is 0.234 e. The second kappa shape index (κ2) is 6.39. The minimum atomic E-state index is -0.166. The van der Waals surface area contributed by atoms with Crippen LogP contribution in [0, 0.1) is 5.82 Å². The highest BCUT2D eigenvalue weighted by atomic mass is 32.2. The Morgan fingerprint density at radius 1 is 1.53 bits per heavy atom. The zero-order chi connectivity index (χ0) is 13.8. The van der Waals surface area contributed by atoms with Crippen LogP contribution in [0.15, 0.2) is 23.1 Å². The van der Waals surface area contributed by atoms with Gasteiger partial charge in [-0.1, -0.05) is 12.1 Å². The summed E-state index contributed by atoms with van der Waals surface area (Å²) in [6, 6.07) is 5.34. The lowest BCUT2D eigenvalue weighted by Crippen LogP contribution is -2.39. The SMILES string of the molecule is CC(C)NC(=O)CNC1CCSc2c(F)cccc21. The van der Waals surface area contributed by atoms with Gasteiger partial charge < -0.3 is 10.6 Å². The molecule has 2 rings (SSSR count). The van der Waals surface area contributed by atoms with Crippen LogP contribution in [0.2, 0.25) is 0 Å². The molecular weight excluding hydrogens is 263 g/mol. The lowest BCUT2D eigenvalue weighted by Gasteiger charge is -2.26. The Labute approximate surface area is 117 Å². The van der Waals surface area contributed by atoms with Gasteiger partial charge in [0.2, 0.25) is 5.91 Å². The molecule has 0 aliphatic carbocycles. The standard InChI is InChI=1S/C14H19FN2OS/c1-9(2)17-13(18)8-16-12-6-7-19-14-10(12)4-3-5-11(14)15/h3-5,9,12,16H,6-8H2,1-2H3,(H,17,18). The predicted molar refractivity (Wildman–Crippen MR) is 75.8 cm³/mol. The second-order valence-electron chi connectivity index (χ2n) is 4.95. The number of fused-ring (bicyclic) bond motifs is 1. The van der Waals surface area contributed by atoms with Gasteiger partial charge in [0.15, 0.2) is 0 Å². The van der Waals surface area contributed by atoms with Crippen molar-refractivity contribution >= 4 is 17.7 Å². The Morgan fingerprint density at radius 2 is 2.32 bits per heavy atom. The lowest BCUT2D eigenvalue weighted by atomic mass is 10.0. The molecule has 0 radical (unpaired) electrons. The van der Waals surface area contributed by atoms with Gasteiger partial charge in [-0.05, 0) is 37.7 Å². The van der Waals surface area contributed by atoms with Crippen LogP contribution >= 0.6 is 11.8 Å². The second-order valence-corrected chi connectivity index (χ2v) is 6.06. The molecule has 0 aromatic heterocycles. The molecule has 19 heavy (non-hydrogen) atoms. The Balaban J connectivity index is 2.00. The molecule has 1 amide bonds. The molecule has 1 atom stereocenters. The number of thioether (sulfide) groups is 1. The third-order valence-corrected chi connectivity index (χ3v) is 4.14. The van der Waals surface area contributed by atoms with E-state index in [4.69, 9.17) is 0 Å². The first-order valence-electron chi connectivity index (χ1n) is 6.52. The summed E-state index contributed by atoms with van der Waals surface area (Å²) < 4.78 is 13.7. The van der Waals surface area contributed by atoms with Gasteiger partial charge in [0.1, 0.15) is 5.82 Å². The summed E-state index contributed by atoms with van der Waals surface area (Å²) in [6.07, 6.45) is 0.913. The largest absolute Gasteiger partial charge is 0.353 e. The fourth-order valence-corrected chi connectivity index (χ4v) is 3.33. The molecule has 0 spiro atoms. The molecule has 1 aromatic rings. The van der Waals surface area contributed by atoms with Crippen LogP contribution in [0.4, 0.5) is 4.39 Å². The van der Waals surface area contributed by atoms with Crippen molar-refractivity contribution in [3.05, 3.63) is 29.6 Å². The summed E-state index contributed by atoms with van der Waals surface area (Å²) in [7, 11) is 0. The molecule has 0 bridgehead atoms. The normalized spacial score (nSPS) is 18.2. The van der Waals surface area contributed by atoms with Gasteiger partial charge in [0.05, 0.1) is 6.54 Å². The molecule has 3 nitrogen and oxygen atoms in total. The van der Waals surface area contributed by atoms with Crippen LogP contribution in [-0.4, -0.2) is 24.2 Å². The molecule has 0 saturated carbocycles. The van der Waals surface area contributed by atoms with Crippen LogP contribution in [0.1, 0.15) is 31.9 Å². The van der Waals surface area contributed by atoms with Gasteiger partial charge in [-0.25, -0.2) is 4.39 Å². The van der Waals surface area contributed by atoms with Crippen molar-refractivity contribution in [3.63, 3.8) is 0 Å². The molecule has 1 aliphatic rings. The van der Waals surface area contributed by atoms with Crippen LogP contribution in [-0.2, 0) is 4.79 Å². The average molecular weight is 282 g/mol. The quantitative estimate of drug-likeness (QED) is 0.891. The Kier molecular flexibility index (Phi) is 4.82. The van der Waals surface area contributed by atoms with Crippen molar-refractivity contribution in [3.8, 4) is 0 Å². The van der Waals surface area contributed by atoms with E-state index < -0.39 is 0 Å². The average Bonchev–Trinajstić information content (AvgIpc) is 2.36. The Morgan fingerprint density at radius 3 is 3.05 bits per heavy atom. The number of hydrogen-bond donors (Lipinski definition) is 2. The van der Waals surface area contributed by atoms with E-state index in [-0.39, 0.29) is 30.4 Å². The summed E-state index contributed by atoms with van der Waals surface area (Å²) in [5, 5.41) is 6.06. The van der Waals surface area contributed by atoms with Gasteiger partial charge in [-0.2, -0.15) is 0 Å². The summed E-state index contributed by atoms with van der Waals surface area (Å²) in [6.45, 7) is 4.13. The molecule has 1 heterocycles. The molecule has 1 aliphatic heterocycles. The summed E-state index contributed by atoms with van der Waals surface area (Å²) in [5.74, 6) is 0.684. The van der Waals surface area contributed by atoms with E-state index in [2.05, 4.69) is 10.6 Å². The third-order valence-electron chi connectivity index (χ3n) is 2.98. The van der Waals surface area contributed by atoms with Crippen LogP contribution in [0.3, 0.4) is 0 Å². The van der Waals surface area contributed by atoms with Crippen LogP contribution in [0.25, 0.3) is 0 Å². The number of hydrogen-bond acceptors (Lipinski definition) is 3. The van der Waals surface area contributed by atoms with E-state index in [0.717, 1.165) is 22.6 Å². The first kappa shape index (κ1) is 14.3. The molecular formula is C14H19FN2OS. The van der Waals surface area contributed by atoms with Crippen molar-refractivity contribution in [2.45, 2.75) is 37.2 Å². The van der Waals surface area contributed by atoms with Gasteiger partial charge in [-0.15, -0.1) is 11.8 Å². The first-order chi connectivity index (χ1) is 9.08. The zero-order valence-electron chi connectivity index (χ0n) is 11.2. The van der Waals surface area contributed by atoms with E-state index in [1.54, 1.807) is 17.8 Å². The predicted octanol–water partition coefficient (Wildman–Crippen LogP) is 2.48. The molecule has 0 fully saturated rings. The van der Waals surface area contributed by atoms with Crippen LogP contribution in [0.5, 0.6) is 0 Å². The highest BCUT2D eigenvalue weighted by Crippen LogP contribution is 2.37. The monoisotopic (exact) mass is 282 g/mol. The number of halogens is 1. The number of carbonyl (C=O) groups excluding carboxylic acids is 1. The van der Waals surface area contributed by atoms with Gasteiger partial charge in [-0.3, -0.25) is 4.79 Å². The lowest BCUT2D eigenvalue weighted by molar-refractivity contribution is -0.120. The molecule has 1 aromatic carbocycles. The molecule has 0 saturated heterocycles. The first-order valence-corrected chi connectivity index (χ1v) is 7.50. The van der Waals surface area contributed by atoms with Crippen molar-refractivity contribution < 1.29 is 9.18 Å². The summed E-state index contributed by atoms with van der Waals surface area (Å²) in [4.78, 5) is 12.3. The van der Waals surface area contributed by atoms with Crippen molar-refractivity contribution in [1.82, 2.24) is 10.6 Å². The number of benzene rings is 1. The summed E-state index contributed by atoms with van der Waals surface area (Å²) in [5.41, 5.74) is 0.966. The van der Waals surface area contributed by atoms with Gasteiger partial charge in [0.25, 0.3) is 0 Å². The Hall–Kier alpha value is -1.07. The van der Waals surface area contributed by atoms with Gasteiger partial charge in [0, 0.05) is 17.0 Å². The number of nitrogens with one attached hydrogen (secondary N) is 2. The van der Waals surface area contributed by atoms with Crippen LogP contribution < -0.4 is 10.6 Å². The van der Waals surface area contributed by atoms with E-state index in [1.165, 1.54) is 6.07 Å².